The van der Waals surface area contributed by atoms with E-state index in [0.29, 0.717) is 22.4 Å². The maximum atomic E-state index is 12.3. The van der Waals surface area contributed by atoms with Crippen LogP contribution in [-0.2, 0) is 7.05 Å². The van der Waals surface area contributed by atoms with E-state index < -0.39 is 0 Å². The smallest absolute Gasteiger partial charge is 0.276 e. The lowest BCUT2D eigenvalue weighted by Crippen LogP contribution is -2.25. The summed E-state index contributed by atoms with van der Waals surface area (Å²) < 4.78 is 1.27. The SMILES string of the molecule is CN(C)c1cnn(C)c(=O)c1-c1ccccc1C=O. The summed E-state index contributed by atoms with van der Waals surface area (Å²) in [5, 5.41) is 4.02. The van der Waals surface area contributed by atoms with Crippen molar-refractivity contribution in [2.45, 2.75) is 0 Å². The molecule has 0 aliphatic rings. The predicted octanol–water partition coefficient (Wildman–Crippen LogP) is 1.33. The largest absolute Gasteiger partial charge is 0.376 e. The van der Waals surface area contributed by atoms with Crippen LogP contribution < -0.4 is 10.5 Å². The Hall–Kier alpha value is -2.43. The lowest BCUT2D eigenvalue weighted by molar-refractivity contribution is 0.112. The first-order valence-electron chi connectivity index (χ1n) is 5.84. The van der Waals surface area contributed by atoms with E-state index in [2.05, 4.69) is 5.10 Å². The third-order valence-electron chi connectivity index (χ3n) is 2.96. The molecule has 0 N–H and O–H groups in total. The number of benzene rings is 1. The van der Waals surface area contributed by atoms with E-state index >= 15 is 0 Å². The highest BCUT2D eigenvalue weighted by Crippen LogP contribution is 2.27. The minimum absolute atomic E-state index is 0.222. The summed E-state index contributed by atoms with van der Waals surface area (Å²) in [7, 11) is 5.27. The van der Waals surface area contributed by atoms with Crippen molar-refractivity contribution in [1.82, 2.24) is 9.78 Å². The summed E-state index contributed by atoms with van der Waals surface area (Å²) in [6.45, 7) is 0. The van der Waals surface area contributed by atoms with Gasteiger partial charge in [-0.1, -0.05) is 24.3 Å². The first kappa shape index (κ1) is 13.0. The van der Waals surface area contributed by atoms with Gasteiger partial charge in [-0.05, 0) is 5.56 Å². The fraction of sp³-hybridized carbons (Fsp3) is 0.214. The molecule has 0 aliphatic heterocycles. The molecule has 0 fully saturated rings. The lowest BCUT2D eigenvalue weighted by Gasteiger charge is -2.17. The average Bonchev–Trinajstić information content (AvgIpc) is 2.41. The van der Waals surface area contributed by atoms with Crippen LogP contribution in [-0.4, -0.2) is 30.2 Å². The highest BCUT2D eigenvalue weighted by Gasteiger charge is 2.16. The van der Waals surface area contributed by atoms with Crippen LogP contribution in [0.2, 0.25) is 0 Å². The van der Waals surface area contributed by atoms with Crippen molar-refractivity contribution in [2.75, 3.05) is 19.0 Å². The van der Waals surface area contributed by atoms with E-state index in [1.165, 1.54) is 4.68 Å². The zero-order valence-corrected chi connectivity index (χ0v) is 11.1. The Morgan fingerprint density at radius 1 is 1.26 bits per heavy atom. The Morgan fingerprint density at radius 2 is 1.95 bits per heavy atom. The topological polar surface area (TPSA) is 55.2 Å². The number of aryl methyl sites for hydroxylation is 1. The van der Waals surface area contributed by atoms with Gasteiger partial charge < -0.3 is 4.90 Å². The number of aromatic nitrogens is 2. The van der Waals surface area contributed by atoms with Gasteiger partial charge in [-0.25, -0.2) is 4.68 Å². The highest BCUT2D eigenvalue weighted by molar-refractivity contribution is 5.91. The zero-order chi connectivity index (χ0) is 14.0. The number of nitrogens with zero attached hydrogens (tertiary/aromatic N) is 3. The maximum Gasteiger partial charge on any atom is 0.276 e. The molecule has 2 aromatic rings. The third-order valence-corrected chi connectivity index (χ3v) is 2.96. The number of hydrogen-bond donors (Lipinski definition) is 0. The maximum absolute atomic E-state index is 12.3. The second-order valence-electron chi connectivity index (χ2n) is 4.43. The minimum Gasteiger partial charge on any atom is -0.376 e. The number of anilines is 1. The minimum atomic E-state index is -0.222. The van der Waals surface area contributed by atoms with Crippen LogP contribution in [0.5, 0.6) is 0 Å². The van der Waals surface area contributed by atoms with Gasteiger partial charge in [0, 0.05) is 26.7 Å². The second kappa shape index (κ2) is 5.06. The van der Waals surface area contributed by atoms with Gasteiger partial charge >= 0.3 is 0 Å². The molecule has 0 saturated carbocycles. The molecular formula is C14H15N3O2. The zero-order valence-electron chi connectivity index (χ0n) is 11.1. The molecule has 1 heterocycles. The van der Waals surface area contributed by atoms with Gasteiger partial charge in [0.05, 0.1) is 17.4 Å². The van der Waals surface area contributed by atoms with E-state index in [4.69, 9.17) is 0 Å². The molecule has 5 nitrogen and oxygen atoms in total. The molecule has 19 heavy (non-hydrogen) atoms. The number of hydrogen-bond acceptors (Lipinski definition) is 4. The van der Waals surface area contributed by atoms with Crippen LogP contribution in [0.25, 0.3) is 11.1 Å². The molecule has 2 rings (SSSR count). The van der Waals surface area contributed by atoms with Gasteiger partial charge in [0.25, 0.3) is 5.56 Å². The number of rotatable bonds is 3. The van der Waals surface area contributed by atoms with Crippen LogP contribution in [0, 0.1) is 0 Å². The quantitative estimate of drug-likeness (QED) is 0.778. The third kappa shape index (κ3) is 2.27. The molecule has 0 aliphatic carbocycles. The highest BCUT2D eigenvalue weighted by atomic mass is 16.1. The number of aldehydes is 1. The average molecular weight is 257 g/mol. The molecule has 0 bridgehead atoms. The van der Waals surface area contributed by atoms with Crippen LogP contribution in [0.3, 0.4) is 0 Å². The van der Waals surface area contributed by atoms with Gasteiger partial charge in [0.15, 0.2) is 6.29 Å². The normalized spacial score (nSPS) is 10.3. The van der Waals surface area contributed by atoms with Crippen molar-refractivity contribution >= 4 is 12.0 Å². The summed E-state index contributed by atoms with van der Waals surface area (Å²) in [4.78, 5) is 25.3. The van der Waals surface area contributed by atoms with Crippen LogP contribution in [0.15, 0.2) is 35.3 Å². The first-order valence-corrected chi connectivity index (χ1v) is 5.84. The molecule has 1 aromatic carbocycles. The fourth-order valence-electron chi connectivity index (χ4n) is 1.95. The van der Waals surface area contributed by atoms with Crippen molar-refractivity contribution in [1.29, 1.82) is 0 Å². The van der Waals surface area contributed by atoms with E-state index in [-0.39, 0.29) is 5.56 Å². The summed E-state index contributed by atoms with van der Waals surface area (Å²) >= 11 is 0. The van der Waals surface area contributed by atoms with Crippen molar-refractivity contribution in [2.24, 2.45) is 7.05 Å². The monoisotopic (exact) mass is 257 g/mol. The van der Waals surface area contributed by atoms with Crippen molar-refractivity contribution in [3.63, 3.8) is 0 Å². The summed E-state index contributed by atoms with van der Waals surface area (Å²) in [6.07, 6.45) is 2.38. The molecule has 0 radical (unpaired) electrons. The van der Waals surface area contributed by atoms with E-state index in [0.717, 1.165) is 6.29 Å². The molecular weight excluding hydrogens is 242 g/mol. The van der Waals surface area contributed by atoms with Gasteiger partial charge in [0.1, 0.15) is 0 Å². The molecule has 5 heteroatoms. The van der Waals surface area contributed by atoms with E-state index in [1.54, 1.807) is 31.4 Å². The van der Waals surface area contributed by atoms with Crippen molar-refractivity contribution < 1.29 is 4.79 Å². The first-order chi connectivity index (χ1) is 9.06. The van der Waals surface area contributed by atoms with Crippen LogP contribution in [0.4, 0.5) is 5.69 Å². The van der Waals surface area contributed by atoms with Gasteiger partial charge in [-0.3, -0.25) is 9.59 Å². The molecule has 0 amide bonds. The van der Waals surface area contributed by atoms with Gasteiger partial charge in [-0.15, -0.1) is 0 Å². The Kier molecular flexibility index (Phi) is 3.46. The molecule has 98 valence electrons. The van der Waals surface area contributed by atoms with Gasteiger partial charge in [0.2, 0.25) is 0 Å². The van der Waals surface area contributed by atoms with Crippen LogP contribution in [0.1, 0.15) is 10.4 Å². The van der Waals surface area contributed by atoms with E-state index in [9.17, 15) is 9.59 Å². The van der Waals surface area contributed by atoms with Gasteiger partial charge in [-0.2, -0.15) is 5.10 Å². The summed E-state index contributed by atoms with van der Waals surface area (Å²) in [5.74, 6) is 0. The Labute approximate surface area is 111 Å². The number of carbonyl (C=O) groups excluding carboxylic acids is 1. The molecule has 0 unspecified atom stereocenters. The van der Waals surface area contributed by atoms with Crippen LogP contribution >= 0.6 is 0 Å². The molecule has 0 atom stereocenters. The second-order valence-corrected chi connectivity index (χ2v) is 4.43. The standard InChI is InChI=1S/C14H15N3O2/c1-16(2)12-8-15-17(3)14(19)13(12)11-7-5-4-6-10(11)9-18/h4-9H,1-3H3. The Bertz CT molecular complexity index is 675. The molecule has 0 saturated heterocycles. The van der Waals surface area contributed by atoms with Crippen molar-refractivity contribution in [3.8, 4) is 11.1 Å². The fourth-order valence-corrected chi connectivity index (χ4v) is 1.95. The predicted molar refractivity (Wildman–Crippen MR) is 74.6 cm³/mol. The van der Waals surface area contributed by atoms with Crippen molar-refractivity contribution in [3.05, 3.63) is 46.4 Å². The Morgan fingerprint density at radius 3 is 2.58 bits per heavy atom. The van der Waals surface area contributed by atoms with E-state index in [1.807, 2.05) is 25.1 Å². The number of carbonyl (C=O) groups is 1. The summed E-state index contributed by atoms with van der Waals surface area (Å²) in [6, 6.07) is 7.05. The molecule has 1 aromatic heterocycles. The lowest BCUT2D eigenvalue weighted by atomic mass is 10.0. The summed E-state index contributed by atoms with van der Waals surface area (Å²) in [5.41, 5.74) is 2.08. The molecule has 0 spiro atoms. The Balaban J connectivity index is 2.84.